The van der Waals surface area contributed by atoms with Gasteiger partial charge >= 0.3 is 12.1 Å². The monoisotopic (exact) mass is 373 g/mol. The van der Waals surface area contributed by atoms with E-state index in [9.17, 15) is 23.5 Å². The molecule has 6 nitrogen and oxygen atoms in total. The van der Waals surface area contributed by atoms with E-state index in [0.717, 1.165) is 0 Å². The molecule has 2 unspecified atom stereocenters. The molecule has 0 heterocycles. The zero-order chi connectivity index (χ0) is 20.0. The van der Waals surface area contributed by atoms with E-state index in [-0.39, 0.29) is 6.61 Å². The van der Waals surface area contributed by atoms with Gasteiger partial charge in [0.1, 0.15) is 12.2 Å². The molecule has 0 aliphatic heterocycles. The lowest BCUT2D eigenvalue weighted by Crippen LogP contribution is -2.52. The van der Waals surface area contributed by atoms with Gasteiger partial charge in [-0.15, -0.1) is 0 Å². The van der Waals surface area contributed by atoms with Crippen LogP contribution in [-0.4, -0.2) is 40.8 Å². The normalized spacial score (nSPS) is 14.3. The minimum Gasteiger partial charge on any atom is -0.458 e. The van der Waals surface area contributed by atoms with Crippen LogP contribution in [0.3, 0.4) is 0 Å². The number of alkyl halides is 2. The van der Waals surface area contributed by atoms with Gasteiger partial charge in [0.15, 0.2) is 6.04 Å². The smallest absolute Gasteiger partial charge is 0.408 e. The van der Waals surface area contributed by atoms with Crippen LogP contribution in [0.15, 0.2) is 30.3 Å². The second-order valence-electron chi connectivity index (χ2n) is 7.06. The number of alkyl carbamates (subject to hydrolysis) is 1. The van der Waals surface area contributed by atoms with Crippen molar-refractivity contribution in [3.63, 3.8) is 0 Å². The largest absolute Gasteiger partial charge is 0.458 e. The third-order valence-corrected chi connectivity index (χ3v) is 3.10. The summed E-state index contributed by atoms with van der Waals surface area (Å²) in [5.74, 6) is -4.25. The fourth-order valence-corrected chi connectivity index (χ4v) is 2.05. The summed E-state index contributed by atoms with van der Waals surface area (Å²) in [6.45, 7) is 5.27. The van der Waals surface area contributed by atoms with Gasteiger partial charge in [-0.2, -0.15) is 0 Å². The molecule has 0 aromatic heterocycles. The summed E-state index contributed by atoms with van der Waals surface area (Å²) in [4.78, 5) is 24.1. The van der Waals surface area contributed by atoms with Gasteiger partial charge in [-0.3, -0.25) is 0 Å². The minimum atomic E-state index is -3.23. The summed E-state index contributed by atoms with van der Waals surface area (Å²) in [5.41, 5.74) is -0.212. The van der Waals surface area contributed by atoms with Crippen molar-refractivity contribution < 1.29 is 33.0 Å². The van der Waals surface area contributed by atoms with Crippen LogP contribution in [0.5, 0.6) is 0 Å². The first-order valence-corrected chi connectivity index (χ1v) is 8.13. The molecule has 1 aromatic carbocycles. The number of rotatable bonds is 7. The zero-order valence-electron chi connectivity index (χ0n) is 15.3. The summed E-state index contributed by atoms with van der Waals surface area (Å²) in [6.07, 6.45) is -3.88. The molecule has 1 amide bonds. The van der Waals surface area contributed by atoms with Gasteiger partial charge in [0, 0.05) is 6.42 Å². The number of benzene rings is 1. The molecule has 146 valence electrons. The van der Waals surface area contributed by atoms with Gasteiger partial charge in [0.05, 0.1) is 6.10 Å². The fraction of sp³-hybridized carbons (Fsp3) is 0.556. The highest BCUT2D eigenvalue weighted by Gasteiger charge is 2.38. The molecule has 0 radical (unpaired) electrons. The first-order chi connectivity index (χ1) is 11.9. The number of hydrogen-bond donors (Lipinski definition) is 2. The Hall–Kier alpha value is -2.22. The van der Waals surface area contributed by atoms with Gasteiger partial charge in [0.2, 0.25) is 5.92 Å². The predicted octanol–water partition coefficient (Wildman–Crippen LogP) is 3.03. The zero-order valence-corrected chi connectivity index (χ0v) is 15.3. The highest BCUT2D eigenvalue weighted by atomic mass is 19.3. The topological polar surface area (TPSA) is 84.9 Å². The van der Waals surface area contributed by atoms with Gasteiger partial charge in [-0.05, 0) is 33.3 Å². The molecule has 8 heteroatoms. The van der Waals surface area contributed by atoms with Gasteiger partial charge < -0.3 is 19.9 Å². The number of carbonyl (C=O) groups excluding carboxylic acids is 2. The molecule has 2 N–H and O–H groups in total. The van der Waals surface area contributed by atoms with E-state index in [1.807, 2.05) is 0 Å². The Labute approximate surface area is 151 Å². The average molecular weight is 373 g/mol. The molecule has 1 aromatic rings. The summed E-state index contributed by atoms with van der Waals surface area (Å²) in [5, 5.41) is 12.1. The van der Waals surface area contributed by atoms with Crippen molar-refractivity contribution in [2.24, 2.45) is 0 Å². The van der Waals surface area contributed by atoms with Crippen LogP contribution in [0.4, 0.5) is 13.6 Å². The first kappa shape index (κ1) is 21.8. The van der Waals surface area contributed by atoms with Crippen LogP contribution in [0.25, 0.3) is 0 Å². The van der Waals surface area contributed by atoms with Crippen molar-refractivity contribution in [1.82, 2.24) is 5.32 Å². The van der Waals surface area contributed by atoms with Crippen LogP contribution in [-0.2, 0) is 20.9 Å². The number of halogens is 2. The molecule has 26 heavy (non-hydrogen) atoms. The number of hydrogen-bond acceptors (Lipinski definition) is 5. The lowest BCUT2D eigenvalue weighted by atomic mass is 10.0. The molecule has 2 atom stereocenters. The summed E-state index contributed by atoms with van der Waals surface area (Å²) in [6, 6.07) is 7.09. The Morgan fingerprint density at radius 3 is 2.23 bits per heavy atom. The Kier molecular flexibility index (Phi) is 7.50. The van der Waals surface area contributed by atoms with E-state index in [0.29, 0.717) is 12.5 Å². The Balaban J connectivity index is 2.76. The third-order valence-electron chi connectivity index (χ3n) is 3.10. The standard InChI is InChI=1S/C18H25F2NO5/c1-17(2,3)26-15(23)14(13(22)10-18(4,19)20)21-16(24)25-11-12-8-6-5-7-9-12/h5-9,13-14,22H,10-11H2,1-4H3,(H,21,24). The van der Waals surface area contributed by atoms with E-state index in [1.165, 1.54) is 0 Å². The second kappa shape index (κ2) is 8.93. The van der Waals surface area contributed by atoms with Gasteiger partial charge in [0.25, 0.3) is 0 Å². The molecule has 0 saturated carbocycles. The molecule has 0 fully saturated rings. The summed E-state index contributed by atoms with van der Waals surface area (Å²) in [7, 11) is 0. The minimum absolute atomic E-state index is 0.0757. The van der Waals surface area contributed by atoms with Crippen molar-refractivity contribution >= 4 is 12.1 Å². The number of amides is 1. The van der Waals surface area contributed by atoms with Gasteiger partial charge in [-0.25, -0.2) is 18.4 Å². The number of nitrogens with one attached hydrogen (secondary N) is 1. The summed E-state index contributed by atoms with van der Waals surface area (Å²) >= 11 is 0. The van der Waals surface area contributed by atoms with Crippen molar-refractivity contribution in [2.45, 2.75) is 64.4 Å². The molecule has 1 rings (SSSR count). The maximum Gasteiger partial charge on any atom is 0.408 e. The van der Waals surface area contributed by atoms with Crippen molar-refractivity contribution in [3.8, 4) is 0 Å². The Bertz CT molecular complexity index is 596. The molecular formula is C18H25F2NO5. The molecule has 0 aliphatic rings. The molecule has 0 bridgehead atoms. The summed E-state index contributed by atoms with van der Waals surface area (Å²) < 4.78 is 36.4. The van der Waals surface area contributed by atoms with Crippen LogP contribution in [0.1, 0.15) is 39.7 Å². The fourth-order valence-electron chi connectivity index (χ4n) is 2.05. The van der Waals surface area contributed by atoms with Crippen molar-refractivity contribution in [2.75, 3.05) is 0 Å². The van der Waals surface area contributed by atoms with Crippen LogP contribution in [0, 0.1) is 0 Å². The molecular weight excluding hydrogens is 348 g/mol. The lowest BCUT2D eigenvalue weighted by Gasteiger charge is -2.28. The van der Waals surface area contributed by atoms with E-state index in [4.69, 9.17) is 9.47 Å². The lowest BCUT2D eigenvalue weighted by molar-refractivity contribution is -0.161. The predicted molar refractivity (Wildman–Crippen MR) is 90.6 cm³/mol. The van der Waals surface area contributed by atoms with Gasteiger partial charge in [-0.1, -0.05) is 30.3 Å². The number of aliphatic hydroxyl groups excluding tert-OH is 1. The highest BCUT2D eigenvalue weighted by Crippen LogP contribution is 2.22. The molecule has 0 saturated heterocycles. The maximum atomic E-state index is 13.2. The average Bonchev–Trinajstić information content (AvgIpc) is 2.48. The Morgan fingerprint density at radius 1 is 1.15 bits per heavy atom. The maximum absolute atomic E-state index is 13.2. The van der Waals surface area contributed by atoms with E-state index in [1.54, 1.807) is 51.1 Å². The van der Waals surface area contributed by atoms with Crippen LogP contribution in [0.2, 0.25) is 0 Å². The number of ether oxygens (including phenoxy) is 2. The Morgan fingerprint density at radius 2 is 1.73 bits per heavy atom. The molecule has 0 spiro atoms. The quantitative estimate of drug-likeness (QED) is 0.718. The SMILES string of the molecule is CC(F)(F)CC(O)C(NC(=O)OCc1ccccc1)C(=O)OC(C)(C)C. The number of aliphatic hydroxyl groups is 1. The third kappa shape index (κ3) is 8.75. The second-order valence-corrected chi connectivity index (χ2v) is 7.06. The highest BCUT2D eigenvalue weighted by molar-refractivity contribution is 5.82. The van der Waals surface area contributed by atoms with E-state index < -0.39 is 42.2 Å². The van der Waals surface area contributed by atoms with Crippen LogP contribution < -0.4 is 5.32 Å². The van der Waals surface area contributed by atoms with E-state index in [2.05, 4.69) is 5.32 Å². The van der Waals surface area contributed by atoms with Crippen molar-refractivity contribution in [1.29, 1.82) is 0 Å². The van der Waals surface area contributed by atoms with Crippen LogP contribution >= 0.6 is 0 Å². The number of esters is 1. The van der Waals surface area contributed by atoms with Crippen molar-refractivity contribution in [3.05, 3.63) is 35.9 Å². The first-order valence-electron chi connectivity index (χ1n) is 8.13. The number of carbonyl (C=O) groups is 2. The van der Waals surface area contributed by atoms with E-state index >= 15 is 0 Å². The molecule has 0 aliphatic carbocycles.